The summed E-state index contributed by atoms with van der Waals surface area (Å²) in [4.78, 5) is 14.8. The third-order valence-electron chi connectivity index (χ3n) is 2.89. The number of benzene rings is 1. The predicted molar refractivity (Wildman–Crippen MR) is 73.3 cm³/mol. The van der Waals surface area contributed by atoms with Crippen LogP contribution in [0.15, 0.2) is 30.5 Å². The van der Waals surface area contributed by atoms with E-state index in [0.717, 1.165) is 10.8 Å². The van der Waals surface area contributed by atoms with Crippen LogP contribution in [-0.4, -0.2) is 27.7 Å². The molecule has 1 unspecified atom stereocenters. The normalized spacial score (nSPS) is 12.3. The Kier molecular flexibility index (Phi) is 3.85. The molecule has 0 aliphatic carbocycles. The fourth-order valence-corrected chi connectivity index (χ4v) is 1.94. The molecule has 5 nitrogen and oxygen atoms in total. The van der Waals surface area contributed by atoms with Gasteiger partial charge in [-0.15, -0.1) is 0 Å². The molecule has 0 bridgehead atoms. The fraction of sp³-hybridized carbons (Fsp3) is 0.286. The van der Waals surface area contributed by atoms with Crippen molar-refractivity contribution in [3.8, 4) is 5.75 Å². The number of aromatic nitrogens is 1. The highest BCUT2D eigenvalue weighted by molar-refractivity contribution is 5.92. The Labute approximate surface area is 110 Å². The zero-order chi connectivity index (χ0) is 13.8. The molecule has 0 spiro atoms. The number of rotatable bonds is 5. The second kappa shape index (κ2) is 5.56. The van der Waals surface area contributed by atoms with Crippen molar-refractivity contribution >= 4 is 22.6 Å². The highest BCUT2D eigenvalue weighted by Gasteiger charge is 2.09. The fourth-order valence-electron chi connectivity index (χ4n) is 1.94. The quantitative estimate of drug-likeness (QED) is 0.769. The number of carboxylic acids is 1. The number of aliphatic carboxylic acids is 1. The van der Waals surface area contributed by atoms with E-state index in [1.165, 1.54) is 0 Å². The number of aromatic hydroxyl groups is 1. The standard InChI is InChI=1S/C14H16N2O3/c1-9(6-13(18)19)8-16-14-12-7-11(17)3-2-10(12)4-5-15-14/h2-5,7,9,17H,6,8H2,1H3,(H,15,16)(H,18,19). The summed E-state index contributed by atoms with van der Waals surface area (Å²) in [6, 6.07) is 6.95. The summed E-state index contributed by atoms with van der Waals surface area (Å²) in [5.74, 6) is 0.0393. The van der Waals surface area contributed by atoms with Crippen LogP contribution in [0.5, 0.6) is 5.75 Å². The van der Waals surface area contributed by atoms with Crippen molar-refractivity contribution in [1.82, 2.24) is 4.98 Å². The third kappa shape index (κ3) is 3.34. The van der Waals surface area contributed by atoms with E-state index in [1.807, 2.05) is 19.1 Å². The summed E-state index contributed by atoms with van der Waals surface area (Å²) in [6.45, 7) is 2.39. The zero-order valence-corrected chi connectivity index (χ0v) is 10.6. The van der Waals surface area contributed by atoms with Gasteiger partial charge in [-0.25, -0.2) is 4.98 Å². The molecule has 2 rings (SSSR count). The van der Waals surface area contributed by atoms with E-state index in [-0.39, 0.29) is 18.1 Å². The monoisotopic (exact) mass is 260 g/mol. The summed E-state index contributed by atoms with van der Waals surface area (Å²) in [5.41, 5.74) is 0. The SMILES string of the molecule is CC(CNc1nccc2ccc(O)cc12)CC(=O)O. The molecule has 5 heteroatoms. The highest BCUT2D eigenvalue weighted by Crippen LogP contribution is 2.25. The second-order valence-electron chi connectivity index (χ2n) is 4.65. The van der Waals surface area contributed by atoms with E-state index in [1.54, 1.807) is 18.3 Å². The summed E-state index contributed by atoms with van der Waals surface area (Å²) in [7, 11) is 0. The van der Waals surface area contributed by atoms with Crippen molar-refractivity contribution in [1.29, 1.82) is 0 Å². The number of pyridine rings is 1. The summed E-state index contributed by atoms with van der Waals surface area (Å²) >= 11 is 0. The van der Waals surface area contributed by atoms with Crippen molar-refractivity contribution in [2.75, 3.05) is 11.9 Å². The molecule has 2 aromatic rings. The second-order valence-corrected chi connectivity index (χ2v) is 4.65. The highest BCUT2D eigenvalue weighted by atomic mass is 16.4. The molecule has 0 aliphatic heterocycles. The lowest BCUT2D eigenvalue weighted by atomic mass is 10.1. The van der Waals surface area contributed by atoms with Crippen molar-refractivity contribution in [2.24, 2.45) is 5.92 Å². The average Bonchev–Trinajstić information content (AvgIpc) is 2.35. The first kappa shape index (κ1) is 13.1. The van der Waals surface area contributed by atoms with Crippen LogP contribution < -0.4 is 5.32 Å². The van der Waals surface area contributed by atoms with E-state index < -0.39 is 5.97 Å². The molecular formula is C14H16N2O3. The van der Waals surface area contributed by atoms with Crippen LogP contribution in [0.3, 0.4) is 0 Å². The first-order valence-electron chi connectivity index (χ1n) is 6.09. The van der Waals surface area contributed by atoms with Crippen molar-refractivity contribution < 1.29 is 15.0 Å². The van der Waals surface area contributed by atoms with Crippen LogP contribution in [0.4, 0.5) is 5.82 Å². The maximum atomic E-state index is 10.6. The predicted octanol–water partition coefficient (Wildman–Crippen LogP) is 2.46. The van der Waals surface area contributed by atoms with Crippen molar-refractivity contribution in [3.05, 3.63) is 30.5 Å². The van der Waals surface area contributed by atoms with Crippen LogP contribution in [-0.2, 0) is 4.79 Å². The summed E-state index contributed by atoms with van der Waals surface area (Å²) in [6.07, 6.45) is 1.80. The molecule has 0 fully saturated rings. The maximum absolute atomic E-state index is 10.6. The molecule has 0 saturated heterocycles. The molecule has 100 valence electrons. The average molecular weight is 260 g/mol. The van der Waals surface area contributed by atoms with Gasteiger partial charge in [0.1, 0.15) is 11.6 Å². The van der Waals surface area contributed by atoms with Gasteiger partial charge in [-0.05, 0) is 29.5 Å². The lowest BCUT2D eigenvalue weighted by Gasteiger charge is -2.12. The Hall–Kier alpha value is -2.30. The number of nitrogens with zero attached hydrogens (tertiary/aromatic N) is 1. The number of hydrogen-bond acceptors (Lipinski definition) is 4. The Balaban J connectivity index is 2.16. The van der Waals surface area contributed by atoms with Crippen LogP contribution in [0.1, 0.15) is 13.3 Å². The van der Waals surface area contributed by atoms with Gasteiger partial charge in [0.15, 0.2) is 0 Å². The van der Waals surface area contributed by atoms with Crippen LogP contribution in [0.25, 0.3) is 10.8 Å². The Bertz CT molecular complexity index is 598. The molecule has 1 heterocycles. The van der Waals surface area contributed by atoms with Gasteiger partial charge in [-0.2, -0.15) is 0 Å². The van der Waals surface area contributed by atoms with Crippen LogP contribution >= 0.6 is 0 Å². The molecule has 1 aromatic heterocycles. The minimum atomic E-state index is -0.808. The number of carbonyl (C=O) groups is 1. The molecule has 0 radical (unpaired) electrons. The van der Waals surface area contributed by atoms with Gasteiger partial charge >= 0.3 is 5.97 Å². The Morgan fingerprint density at radius 2 is 2.21 bits per heavy atom. The van der Waals surface area contributed by atoms with Gasteiger partial charge in [-0.1, -0.05) is 13.0 Å². The first-order valence-corrected chi connectivity index (χ1v) is 6.09. The Morgan fingerprint density at radius 1 is 1.42 bits per heavy atom. The van der Waals surface area contributed by atoms with Crippen LogP contribution in [0.2, 0.25) is 0 Å². The van der Waals surface area contributed by atoms with E-state index >= 15 is 0 Å². The summed E-state index contributed by atoms with van der Waals surface area (Å²) < 4.78 is 0. The van der Waals surface area contributed by atoms with Crippen molar-refractivity contribution in [2.45, 2.75) is 13.3 Å². The number of phenols is 1. The minimum Gasteiger partial charge on any atom is -0.508 e. The van der Waals surface area contributed by atoms with Gasteiger partial charge in [-0.3, -0.25) is 4.79 Å². The van der Waals surface area contributed by atoms with E-state index in [9.17, 15) is 9.90 Å². The molecule has 0 saturated carbocycles. The number of fused-ring (bicyclic) bond motifs is 1. The van der Waals surface area contributed by atoms with Gasteiger partial charge in [0.25, 0.3) is 0 Å². The molecule has 1 aromatic carbocycles. The first-order chi connectivity index (χ1) is 9.06. The van der Waals surface area contributed by atoms with Gasteiger partial charge < -0.3 is 15.5 Å². The molecule has 19 heavy (non-hydrogen) atoms. The van der Waals surface area contributed by atoms with Gasteiger partial charge in [0.2, 0.25) is 0 Å². The smallest absolute Gasteiger partial charge is 0.303 e. The largest absolute Gasteiger partial charge is 0.508 e. The number of hydrogen-bond donors (Lipinski definition) is 3. The third-order valence-corrected chi connectivity index (χ3v) is 2.89. The van der Waals surface area contributed by atoms with Crippen LogP contribution in [0, 0.1) is 5.92 Å². The molecule has 3 N–H and O–H groups in total. The lowest BCUT2D eigenvalue weighted by molar-refractivity contribution is -0.137. The number of phenolic OH excluding ortho intramolecular Hbond substituents is 1. The van der Waals surface area contributed by atoms with E-state index in [0.29, 0.717) is 12.4 Å². The maximum Gasteiger partial charge on any atom is 0.303 e. The summed E-state index contributed by atoms with van der Waals surface area (Å²) in [5, 5.41) is 23.2. The molecular weight excluding hydrogens is 244 g/mol. The lowest BCUT2D eigenvalue weighted by Crippen LogP contribution is -2.15. The van der Waals surface area contributed by atoms with Gasteiger partial charge in [0.05, 0.1) is 0 Å². The zero-order valence-electron chi connectivity index (χ0n) is 10.6. The molecule has 1 atom stereocenters. The number of anilines is 1. The molecule has 0 amide bonds. The Morgan fingerprint density at radius 3 is 2.95 bits per heavy atom. The van der Waals surface area contributed by atoms with E-state index in [2.05, 4.69) is 10.3 Å². The number of carboxylic acid groups (broad SMARTS) is 1. The van der Waals surface area contributed by atoms with Gasteiger partial charge in [0, 0.05) is 24.5 Å². The van der Waals surface area contributed by atoms with Crippen molar-refractivity contribution in [3.63, 3.8) is 0 Å². The number of nitrogens with one attached hydrogen (secondary N) is 1. The van der Waals surface area contributed by atoms with E-state index in [4.69, 9.17) is 5.11 Å². The molecule has 0 aliphatic rings. The minimum absolute atomic E-state index is 0.00636. The topological polar surface area (TPSA) is 82.5 Å².